The third-order valence-corrected chi connectivity index (χ3v) is 2.90. The van der Waals surface area contributed by atoms with Gasteiger partial charge in [-0.3, -0.25) is 19.8 Å². The fourth-order valence-electron chi connectivity index (χ4n) is 1.84. The maximum Gasteiger partial charge on any atom is 0.327 e. The third-order valence-electron chi connectivity index (χ3n) is 2.90. The summed E-state index contributed by atoms with van der Waals surface area (Å²) in [6.07, 6.45) is 0. The van der Waals surface area contributed by atoms with E-state index in [9.17, 15) is 19.7 Å². The molecule has 0 spiro atoms. The van der Waals surface area contributed by atoms with Crippen LogP contribution in [0.15, 0.2) is 18.2 Å². The van der Waals surface area contributed by atoms with Crippen molar-refractivity contribution in [1.82, 2.24) is 9.80 Å². The highest BCUT2D eigenvalue weighted by molar-refractivity contribution is 6.01. The van der Waals surface area contributed by atoms with Gasteiger partial charge in [0.2, 0.25) is 0 Å². The minimum atomic E-state index is -0.553. The summed E-state index contributed by atoms with van der Waals surface area (Å²) in [5.74, 6) is -0.349. The number of rotatable bonds is 3. The molecule has 1 aromatic carbocycles. The standard InChI is InChI=1S/C11H12N4O4/c1-13-6-10(16)14(11(13)17)5-7-4-8(15(18)19)2-3-9(7)12/h2-4H,5-6,12H2,1H3. The summed E-state index contributed by atoms with van der Waals surface area (Å²) in [6, 6.07) is 3.51. The smallest absolute Gasteiger partial charge is 0.327 e. The van der Waals surface area contributed by atoms with E-state index in [0.29, 0.717) is 11.3 Å². The second-order valence-corrected chi connectivity index (χ2v) is 4.26. The minimum absolute atomic E-state index is 0.00760. The number of nitro benzene ring substituents is 1. The van der Waals surface area contributed by atoms with Gasteiger partial charge in [0.05, 0.1) is 11.5 Å². The van der Waals surface area contributed by atoms with Crippen LogP contribution in [0, 0.1) is 10.1 Å². The first-order valence-electron chi connectivity index (χ1n) is 5.48. The molecule has 0 atom stereocenters. The predicted octanol–water partition coefficient (Wildman–Crippen LogP) is 0.571. The van der Waals surface area contributed by atoms with Crippen LogP contribution in [0.4, 0.5) is 16.2 Å². The number of nitrogens with two attached hydrogens (primary N) is 1. The molecule has 19 heavy (non-hydrogen) atoms. The number of carbonyl (C=O) groups excluding carboxylic acids is 2. The highest BCUT2D eigenvalue weighted by atomic mass is 16.6. The maximum atomic E-state index is 11.7. The molecule has 3 amide bonds. The van der Waals surface area contributed by atoms with E-state index in [2.05, 4.69) is 0 Å². The summed E-state index contributed by atoms with van der Waals surface area (Å²) in [4.78, 5) is 35.8. The number of nitrogens with zero attached hydrogens (tertiary/aromatic N) is 3. The molecule has 0 aromatic heterocycles. The molecule has 1 saturated heterocycles. The summed E-state index contributed by atoms with van der Waals surface area (Å²) in [7, 11) is 1.51. The summed E-state index contributed by atoms with van der Waals surface area (Å²) in [6.45, 7) is -0.0524. The Balaban J connectivity index is 2.28. The maximum absolute atomic E-state index is 11.7. The van der Waals surface area contributed by atoms with Gasteiger partial charge in [-0.25, -0.2) is 4.79 Å². The molecule has 1 heterocycles. The number of amides is 3. The summed E-state index contributed by atoms with van der Waals surface area (Å²) >= 11 is 0. The molecule has 2 N–H and O–H groups in total. The largest absolute Gasteiger partial charge is 0.398 e. The number of likely N-dealkylation sites (N-methyl/N-ethyl adjacent to an activating group) is 1. The van der Waals surface area contributed by atoms with E-state index >= 15 is 0 Å². The number of non-ortho nitro benzene ring substituents is 1. The molecule has 1 aromatic rings. The molecule has 8 heteroatoms. The van der Waals surface area contributed by atoms with Crippen molar-refractivity contribution in [2.45, 2.75) is 6.54 Å². The lowest BCUT2D eigenvalue weighted by Crippen LogP contribution is -2.31. The van der Waals surface area contributed by atoms with Gasteiger partial charge in [-0.2, -0.15) is 0 Å². The van der Waals surface area contributed by atoms with Gasteiger partial charge in [-0.05, 0) is 6.07 Å². The van der Waals surface area contributed by atoms with E-state index in [0.717, 1.165) is 4.90 Å². The fourth-order valence-corrected chi connectivity index (χ4v) is 1.84. The Kier molecular flexibility index (Phi) is 3.07. The molecule has 1 aliphatic heterocycles. The lowest BCUT2D eigenvalue weighted by atomic mass is 10.1. The molecular formula is C11H12N4O4. The van der Waals surface area contributed by atoms with Gasteiger partial charge in [-0.15, -0.1) is 0 Å². The lowest BCUT2D eigenvalue weighted by molar-refractivity contribution is -0.384. The molecular weight excluding hydrogens is 252 g/mol. The van der Waals surface area contributed by atoms with Crippen LogP contribution in [-0.2, 0) is 11.3 Å². The SMILES string of the molecule is CN1CC(=O)N(Cc2cc([N+](=O)[O-])ccc2N)C1=O. The van der Waals surface area contributed by atoms with Crippen molar-refractivity contribution in [3.8, 4) is 0 Å². The van der Waals surface area contributed by atoms with Crippen LogP contribution in [0.2, 0.25) is 0 Å². The van der Waals surface area contributed by atoms with Crippen molar-refractivity contribution >= 4 is 23.3 Å². The van der Waals surface area contributed by atoms with E-state index < -0.39 is 11.0 Å². The van der Waals surface area contributed by atoms with Gasteiger partial charge < -0.3 is 10.6 Å². The Labute approximate surface area is 108 Å². The normalized spacial score (nSPS) is 15.2. The number of imide groups is 1. The van der Waals surface area contributed by atoms with Gasteiger partial charge in [0, 0.05) is 30.4 Å². The van der Waals surface area contributed by atoms with E-state index in [1.165, 1.54) is 30.1 Å². The van der Waals surface area contributed by atoms with Crippen molar-refractivity contribution in [1.29, 1.82) is 0 Å². The van der Waals surface area contributed by atoms with Gasteiger partial charge in [0.1, 0.15) is 6.54 Å². The number of nitrogen functional groups attached to an aromatic ring is 1. The summed E-state index contributed by atoms with van der Waals surface area (Å²) in [5.41, 5.74) is 6.27. The topological polar surface area (TPSA) is 110 Å². The zero-order chi connectivity index (χ0) is 14.2. The average Bonchev–Trinajstić information content (AvgIpc) is 2.58. The van der Waals surface area contributed by atoms with Gasteiger partial charge in [0.25, 0.3) is 11.6 Å². The minimum Gasteiger partial charge on any atom is -0.398 e. The van der Waals surface area contributed by atoms with Crippen LogP contribution < -0.4 is 5.73 Å². The number of benzene rings is 1. The van der Waals surface area contributed by atoms with E-state index in [-0.39, 0.29) is 24.7 Å². The average molecular weight is 264 g/mol. The van der Waals surface area contributed by atoms with Crippen molar-refractivity contribution in [3.63, 3.8) is 0 Å². The van der Waals surface area contributed by atoms with Crippen LogP contribution >= 0.6 is 0 Å². The molecule has 8 nitrogen and oxygen atoms in total. The first-order chi connectivity index (χ1) is 8.90. The van der Waals surface area contributed by atoms with E-state index in [4.69, 9.17) is 5.73 Å². The van der Waals surface area contributed by atoms with Crippen LogP contribution in [0.3, 0.4) is 0 Å². The van der Waals surface area contributed by atoms with Crippen LogP contribution in [0.1, 0.15) is 5.56 Å². The number of carbonyl (C=O) groups is 2. The van der Waals surface area contributed by atoms with Crippen molar-refractivity contribution in [2.75, 3.05) is 19.3 Å². The number of anilines is 1. The number of hydrogen-bond donors (Lipinski definition) is 1. The van der Waals surface area contributed by atoms with E-state index in [1.54, 1.807) is 0 Å². The first kappa shape index (κ1) is 12.8. The van der Waals surface area contributed by atoms with E-state index in [1.807, 2.05) is 0 Å². The highest BCUT2D eigenvalue weighted by Crippen LogP contribution is 2.22. The monoisotopic (exact) mass is 264 g/mol. The Hall–Kier alpha value is -2.64. The van der Waals surface area contributed by atoms with Crippen LogP contribution in [-0.4, -0.2) is 40.3 Å². The summed E-state index contributed by atoms with van der Waals surface area (Å²) in [5, 5.41) is 10.7. The van der Waals surface area contributed by atoms with Gasteiger partial charge in [-0.1, -0.05) is 0 Å². The first-order valence-corrected chi connectivity index (χ1v) is 5.48. The predicted molar refractivity (Wildman–Crippen MR) is 66.1 cm³/mol. The number of nitro groups is 1. The molecule has 1 fully saturated rings. The molecule has 1 aliphatic rings. The Morgan fingerprint density at radius 1 is 1.42 bits per heavy atom. The lowest BCUT2D eigenvalue weighted by Gasteiger charge is -2.15. The molecule has 100 valence electrons. The van der Waals surface area contributed by atoms with Gasteiger partial charge >= 0.3 is 6.03 Å². The zero-order valence-electron chi connectivity index (χ0n) is 10.2. The fraction of sp³-hybridized carbons (Fsp3) is 0.273. The second-order valence-electron chi connectivity index (χ2n) is 4.26. The zero-order valence-corrected chi connectivity index (χ0v) is 10.2. The van der Waals surface area contributed by atoms with Gasteiger partial charge in [0.15, 0.2) is 0 Å². The quantitative estimate of drug-likeness (QED) is 0.371. The molecule has 0 unspecified atom stereocenters. The van der Waals surface area contributed by atoms with Crippen molar-refractivity contribution in [2.24, 2.45) is 0 Å². The number of urea groups is 1. The Morgan fingerprint density at radius 2 is 2.11 bits per heavy atom. The Bertz CT molecular complexity index is 572. The molecule has 0 aliphatic carbocycles. The Morgan fingerprint density at radius 3 is 2.63 bits per heavy atom. The molecule has 0 saturated carbocycles. The molecule has 0 bridgehead atoms. The molecule has 0 radical (unpaired) electrons. The van der Waals surface area contributed by atoms with Crippen molar-refractivity contribution < 1.29 is 14.5 Å². The second kappa shape index (κ2) is 4.56. The number of hydrogen-bond acceptors (Lipinski definition) is 5. The third kappa shape index (κ3) is 2.32. The highest BCUT2D eigenvalue weighted by Gasteiger charge is 2.33. The van der Waals surface area contributed by atoms with Crippen LogP contribution in [0.5, 0.6) is 0 Å². The summed E-state index contributed by atoms with van der Waals surface area (Å²) < 4.78 is 0. The molecule has 2 rings (SSSR count). The van der Waals surface area contributed by atoms with Crippen LogP contribution in [0.25, 0.3) is 0 Å². The van der Waals surface area contributed by atoms with Crippen molar-refractivity contribution in [3.05, 3.63) is 33.9 Å².